The number of hydrogen-bond acceptors (Lipinski definition) is 3. The molecule has 1 fully saturated rings. The van der Waals surface area contributed by atoms with Gasteiger partial charge in [0, 0.05) is 16.3 Å². The van der Waals surface area contributed by atoms with E-state index in [1.807, 2.05) is 30.0 Å². The number of anilines is 1. The van der Waals surface area contributed by atoms with Crippen molar-refractivity contribution < 1.29 is 0 Å². The summed E-state index contributed by atoms with van der Waals surface area (Å²) in [6.45, 7) is 0.943. The zero-order chi connectivity index (χ0) is 14.2. The quantitative estimate of drug-likeness (QED) is 0.917. The van der Waals surface area contributed by atoms with Gasteiger partial charge < -0.3 is 10.3 Å². The fourth-order valence-electron chi connectivity index (χ4n) is 3.20. The molecular weight excluding hydrogens is 290 g/mol. The van der Waals surface area contributed by atoms with E-state index in [-0.39, 0.29) is 0 Å². The van der Waals surface area contributed by atoms with Crippen molar-refractivity contribution in [1.82, 2.24) is 9.55 Å². The molecule has 1 saturated carbocycles. The summed E-state index contributed by atoms with van der Waals surface area (Å²) in [4.78, 5) is 4.45. The molecule has 0 saturated heterocycles. The minimum absolute atomic E-state index is 0.305. The predicted octanol–water partition coefficient (Wildman–Crippen LogP) is 4.34. The Hall–Kier alpha value is -0.870. The highest BCUT2D eigenvalue weighted by Crippen LogP contribution is 2.41. The molecule has 0 radical (unpaired) electrons. The summed E-state index contributed by atoms with van der Waals surface area (Å²) in [5, 5.41) is 0.708. The Morgan fingerprint density at radius 2 is 2.10 bits per heavy atom. The molecule has 1 heterocycles. The number of aromatic nitrogens is 2. The van der Waals surface area contributed by atoms with Crippen molar-refractivity contribution in [3.05, 3.63) is 23.2 Å². The summed E-state index contributed by atoms with van der Waals surface area (Å²) in [6.07, 6.45) is 8.75. The predicted molar refractivity (Wildman–Crippen MR) is 88.5 cm³/mol. The third-order valence-corrected chi connectivity index (χ3v) is 6.02. The summed E-state index contributed by atoms with van der Waals surface area (Å²) in [5.41, 5.74) is 8.11. The molecule has 0 amide bonds. The van der Waals surface area contributed by atoms with Crippen molar-refractivity contribution in [2.45, 2.75) is 43.4 Å². The average Bonchev–Trinajstić information content (AvgIpc) is 2.75. The SMILES string of the molecule is CSC1(Cn2c(N)nc3cc(Cl)ccc32)CCCCC1. The topological polar surface area (TPSA) is 43.8 Å². The molecule has 5 heteroatoms. The molecule has 1 aliphatic carbocycles. The molecule has 1 aliphatic rings. The van der Waals surface area contributed by atoms with Crippen molar-refractivity contribution in [3.63, 3.8) is 0 Å². The number of rotatable bonds is 3. The monoisotopic (exact) mass is 309 g/mol. The van der Waals surface area contributed by atoms with Gasteiger partial charge in [-0.3, -0.25) is 0 Å². The van der Waals surface area contributed by atoms with Crippen molar-refractivity contribution >= 4 is 40.3 Å². The second-order valence-electron chi connectivity index (χ2n) is 5.64. The maximum Gasteiger partial charge on any atom is 0.201 e. The second-order valence-corrected chi connectivity index (χ2v) is 7.35. The molecule has 3 nitrogen and oxygen atoms in total. The highest BCUT2D eigenvalue weighted by Gasteiger charge is 2.32. The van der Waals surface area contributed by atoms with E-state index in [2.05, 4.69) is 15.8 Å². The maximum atomic E-state index is 6.13. The maximum absolute atomic E-state index is 6.13. The third kappa shape index (κ3) is 2.51. The van der Waals surface area contributed by atoms with Crippen LogP contribution in [0.4, 0.5) is 5.95 Å². The molecule has 0 bridgehead atoms. The highest BCUT2D eigenvalue weighted by molar-refractivity contribution is 8.00. The van der Waals surface area contributed by atoms with E-state index >= 15 is 0 Å². The minimum Gasteiger partial charge on any atom is -0.369 e. The first-order valence-corrected chi connectivity index (χ1v) is 8.70. The lowest BCUT2D eigenvalue weighted by Gasteiger charge is -2.36. The molecule has 20 heavy (non-hydrogen) atoms. The number of imidazole rings is 1. The number of halogens is 1. The van der Waals surface area contributed by atoms with E-state index in [4.69, 9.17) is 17.3 Å². The first-order chi connectivity index (χ1) is 9.63. The smallest absolute Gasteiger partial charge is 0.201 e. The minimum atomic E-state index is 0.305. The van der Waals surface area contributed by atoms with Gasteiger partial charge in [-0.15, -0.1) is 0 Å². The van der Waals surface area contributed by atoms with E-state index in [1.54, 1.807) is 0 Å². The van der Waals surface area contributed by atoms with E-state index in [9.17, 15) is 0 Å². The molecular formula is C15H20ClN3S. The molecule has 3 rings (SSSR count). The summed E-state index contributed by atoms with van der Waals surface area (Å²) < 4.78 is 2.47. The highest BCUT2D eigenvalue weighted by atomic mass is 35.5. The second kappa shape index (κ2) is 5.49. The van der Waals surface area contributed by atoms with Crippen molar-refractivity contribution in [2.75, 3.05) is 12.0 Å². The fourth-order valence-corrected chi connectivity index (χ4v) is 4.32. The lowest BCUT2D eigenvalue weighted by atomic mass is 9.88. The Kier molecular flexibility index (Phi) is 3.87. The Balaban J connectivity index is 1.99. The standard InChI is InChI=1S/C15H20ClN3S/c1-20-15(7-3-2-4-8-15)10-19-13-6-5-11(16)9-12(13)18-14(19)17/h5-6,9H,2-4,7-8,10H2,1H3,(H2,17,18). The largest absolute Gasteiger partial charge is 0.369 e. The lowest BCUT2D eigenvalue weighted by Crippen LogP contribution is -2.33. The molecule has 2 aromatic rings. The summed E-state index contributed by atoms with van der Waals surface area (Å²) in [7, 11) is 0. The van der Waals surface area contributed by atoms with E-state index in [0.717, 1.165) is 17.6 Å². The number of benzene rings is 1. The summed E-state index contributed by atoms with van der Waals surface area (Å²) >= 11 is 8.01. The van der Waals surface area contributed by atoms with Gasteiger partial charge in [-0.05, 0) is 37.3 Å². The molecule has 0 aliphatic heterocycles. The Bertz CT molecular complexity index is 617. The van der Waals surface area contributed by atoms with Gasteiger partial charge in [-0.2, -0.15) is 11.8 Å². The van der Waals surface area contributed by atoms with Crippen LogP contribution in [0.1, 0.15) is 32.1 Å². The van der Waals surface area contributed by atoms with E-state index < -0.39 is 0 Å². The normalized spacial score (nSPS) is 18.5. The van der Waals surface area contributed by atoms with Gasteiger partial charge in [0.25, 0.3) is 0 Å². The fraction of sp³-hybridized carbons (Fsp3) is 0.533. The van der Waals surface area contributed by atoms with Crippen LogP contribution in [0, 0.1) is 0 Å². The van der Waals surface area contributed by atoms with Crippen molar-refractivity contribution in [1.29, 1.82) is 0 Å². The van der Waals surface area contributed by atoms with Crippen molar-refractivity contribution in [2.24, 2.45) is 0 Å². The molecule has 1 aromatic heterocycles. The van der Waals surface area contributed by atoms with Gasteiger partial charge in [0.15, 0.2) is 0 Å². The van der Waals surface area contributed by atoms with Crippen LogP contribution in [-0.4, -0.2) is 20.6 Å². The zero-order valence-corrected chi connectivity index (χ0v) is 13.3. The van der Waals surface area contributed by atoms with Gasteiger partial charge in [0.05, 0.1) is 11.0 Å². The van der Waals surface area contributed by atoms with Crippen LogP contribution in [-0.2, 0) is 6.54 Å². The van der Waals surface area contributed by atoms with Crippen LogP contribution in [0.2, 0.25) is 5.02 Å². The molecule has 108 valence electrons. The van der Waals surface area contributed by atoms with Crippen LogP contribution in [0.3, 0.4) is 0 Å². The molecule has 2 N–H and O–H groups in total. The third-order valence-electron chi connectivity index (χ3n) is 4.38. The van der Waals surface area contributed by atoms with Crippen LogP contribution in [0.25, 0.3) is 11.0 Å². The number of nitrogen functional groups attached to an aromatic ring is 1. The first kappa shape index (κ1) is 14.1. The number of thioether (sulfide) groups is 1. The van der Waals surface area contributed by atoms with Crippen LogP contribution >= 0.6 is 23.4 Å². The van der Waals surface area contributed by atoms with E-state index in [0.29, 0.717) is 15.7 Å². The lowest BCUT2D eigenvalue weighted by molar-refractivity contribution is 0.363. The first-order valence-electron chi connectivity index (χ1n) is 7.10. The van der Waals surface area contributed by atoms with Gasteiger partial charge in [0.1, 0.15) is 0 Å². The zero-order valence-electron chi connectivity index (χ0n) is 11.7. The number of fused-ring (bicyclic) bond motifs is 1. The molecule has 0 unspecified atom stereocenters. The van der Waals surface area contributed by atoms with Gasteiger partial charge in [0.2, 0.25) is 5.95 Å². The van der Waals surface area contributed by atoms with Crippen LogP contribution in [0.15, 0.2) is 18.2 Å². The number of nitrogens with two attached hydrogens (primary N) is 1. The van der Waals surface area contributed by atoms with Crippen LogP contribution < -0.4 is 5.73 Å². The van der Waals surface area contributed by atoms with Crippen LogP contribution in [0.5, 0.6) is 0 Å². The Labute approximate surface area is 128 Å². The van der Waals surface area contributed by atoms with Gasteiger partial charge >= 0.3 is 0 Å². The Morgan fingerprint density at radius 1 is 1.35 bits per heavy atom. The Morgan fingerprint density at radius 3 is 2.80 bits per heavy atom. The average molecular weight is 310 g/mol. The molecule has 1 aromatic carbocycles. The van der Waals surface area contributed by atoms with Gasteiger partial charge in [-0.1, -0.05) is 30.9 Å². The number of nitrogens with zero attached hydrogens (tertiary/aromatic N) is 2. The number of hydrogen-bond donors (Lipinski definition) is 1. The van der Waals surface area contributed by atoms with E-state index in [1.165, 1.54) is 32.1 Å². The molecule has 0 atom stereocenters. The molecule has 0 spiro atoms. The van der Waals surface area contributed by atoms with Crippen molar-refractivity contribution in [3.8, 4) is 0 Å². The summed E-state index contributed by atoms with van der Waals surface area (Å²) in [6, 6.07) is 5.82. The van der Waals surface area contributed by atoms with Gasteiger partial charge in [-0.25, -0.2) is 4.98 Å². The summed E-state index contributed by atoms with van der Waals surface area (Å²) in [5.74, 6) is 0.598.